The van der Waals surface area contributed by atoms with Crippen LogP contribution in [0.5, 0.6) is 11.5 Å². The summed E-state index contributed by atoms with van der Waals surface area (Å²) >= 11 is 0. The Kier molecular flexibility index (Phi) is 11.3. The Labute approximate surface area is 247 Å². The molecule has 0 aliphatic rings. The number of carbonyl (C=O) groups is 2. The molecular formula is C31H38FN3O6S. The van der Waals surface area contributed by atoms with Gasteiger partial charge in [0.1, 0.15) is 29.9 Å². The smallest absolute Gasteiger partial charge is 0.264 e. The number of nitrogens with zero attached hydrogens (tertiary/aromatic N) is 2. The highest BCUT2D eigenvalue weighted by Gasteiger charge is 2.34. The van der Waals surface area contributed by atoms with Crippen molar-refractivity contribution >= 4 is 27.5 Å². The van der Waals surface area contributed by atoms with Crippen molar-refractivity contribution in [3.05, 3.63) is 84.2 Å². The number of halogens is 1. The predicted molar refractivity (Wildman–Crippen MR) is 159 cm³/mol. The second-order valence-electron chi connectivity index (χ2n) is 9.78. The van der Waals surface area contributed by atoms with Gasteiger partial charge in [-0.05, 0) is 86.0 Å². The molecule has 3 aromatic carbocycles. The molecule has 2 unspecified atom stereocenters. The van der Waals surface area contributed by atoms with E-state index >= 15 is 0 Å². The van der Waals surface area contributed by atoms with E-state index in [1.807, 2.05) is 13.8 Å². The first-order valence-corrected chi connectivity index (χ1v) is 15.1. The number of benzene rings is 3. The van der Waals surface area contributed by atoms with E-state index in [9.17, 15) is 22.4 Å². The van der Waals surface area contributed by atoms with Crippen molar-refractivity contribution in [2.45, 2.75) is 57.1 Å². The third-order valence-corrected chi connectivity index (χ3v) is 8.73. The normalized spacial score (nSPS) is 12.6. The van der Waals surface area contributed by atoms with Gasteiger partial charge in [-0.15, -0.1) is 0 Å². The van der Waals surface area contributed by atoms with E-state index in [0.717, 1.165) is 22.0 Å². The standard InChI is InChI=1S/C31H38FN3O6S/c1-6-22(3)33-31(37)29(7-2)34(20-23-8-14-26(40-4)15-9-23)30(36)21-35(25-12-10-24(32)11-13-25)42(38,39)28-18-16-27(41-5)17-19-28/h8-19,22,29H,6-7,20-21H2,1-5H3,(H,33,37). The van der Waals surface area contributed by atoms with E-state index in [0.29, 0.717) is 24.3 Å². The molecule has 3 aromatic rings. The molecule has 1 N–H and O–H groups in total. The number of hydrogen-bond donors (Lipinski definition) is 1. The molecule has 11 heteroatoms. The molecular weight excluding hydrogens is 561 g/mol. The third-order valence-electron chi connectivity index (χ3n) is 6.94. The molecule has 0 aliphatic carbocycles. The number of sulfonamides is 1. The fourth-order valence-corrected chi connectivity index (χ4v) is 5.71. The van der Waals surface area contributed by atoms with Gasteiger partial charge in [-0.2, -0.15) is 0 Å². The summed E-state index contributed by atoms with van der Waals surface area (Å²) in [6, 6.07) is 16.7. The van der Waals surface area contributed by atoms with Crippen molar-refractivity contribution < 1.29 is 31.9 Å². The van der Waals surface area contributed by atoms with Crippen LogP contribution in [0, 0.1) is 5.82 Å². The molecule has 0 saturated carbocycles. The Morgan fingerprint density at radius 3 is 1.90 bits per heavy atom. The lowest BCUT2D eigenvalue weighted by Gasteiger charge is -2.33. The average molecular weight is 600 g/mol. The minimum absolute atomic E-state index is 0.0507. The van der Waals surface area contributed by atoms with Gasteiger partial charge in [0, 0.05) is 12.6 Å². The van der Waals surface area contributed by atoms with Crippen LogP contribution in [-0.4, -0.2) is 58.0 Å². The minimum atomic E-state index is -4.29. The average Bonchev–Trinajstić information content (AvgIpc) is 3.00. The maximum Gasteiger partial charge on any atom is 0.264 e. The fraction of sp³-hybridized carbons (Fsp3) is 0.355. The molecule has 0 heterocycles. The zero-order chi connectivity index (χ0) is 30.9. The number of methoxy groups -OCH3 is 2. The Morgan fingerprint density at radius 2 is 1.40 bits per heavy atom. The molecule has 0 aromatic heterocycles. The van der Waals surface area contributed by atoms with E-state index in [1.54, 1.807) is 38.3 Å². The van der Waals surface area contributed by atoms with Gasteiger partial charge < -0.3 is 19.7 Å². The van der Waals surface area contributed by atoms with Crippen molar-refractivity contribution in [3.8, 4) is 11.5 Å². The van der Waals surface area contributed by atoms with Crippen LogP contribution in [0.4, 0.5) is 10.1 Å². The van der Waals surface area contributed by atoms with Crippen molar-refractivity contribution in [3.63, 3.8) is 0 Å². The zero-order valence-electron chi connectivity index (χ0n) is 24.5. The van der Waals surface area contributed by atoms with Gasteiger partial charge in [-0.1, -0.05) is 26.0 Å². The van der Waals surface area contributed by atoms with Gasteiger partial charge in [-0.3, -0.25) is 13.9 Å². The molecule has 2 amide bonds. The number of nitrogens with one attached hydrogen (secondary N) is 1. The Bertz CT molecular complexity index is 1430. The summed E-state index contributed by atoms with van der Waals surface area (Å²) in [7, 11) is -1.28. The van der Waals surface area contributed by atoms with Gasteiger partial charge in [0.05, 0.1) is 24.8 Å². The highest BCUT2D eigenvalue weighted by Crippen LogP contribution is 2.26. The largest absolute Gasteiger partial charge is 0.497 e. The number of hydrogen-bond acceptors (Lipinski definition) is 6. The SMILES string of the molecule is CCC(C)NC(=O)C(CC)N(Cc1ccc(OC)cc1)C(=O)CN(c1ccc(F)cc1)S(=O)(=O)c1ccc(OC)cc1. The molecule has 0 fully saturated rings. The molecule has 2 atom stereocenters. The monoisotopic (exact) mass is 599 g/mol. The first kappa shape index (κ1) is 32.4. The number of ether oxygens (including phenoxy) is 2. The zero-order valence-corrected chi connectivity index (χ0v) is 25.4. The van der Waals surface area contributed by atoms with Crippen LogP contribution < -0.4 is 19.1 Å². The molecule has 9 nitrogen and oxygen atoms in total. The summed E-state index contributed by atoms with van der Waals surface area (Å²) in [6.45, 7) is 5.04. The molecule has 226 valence electrons. The van der Waals surface area contributed by atoms with Gasteiger partial charge in [0.15, 0.2) is 0 Å². The molecule has 0 saturated heterocycles. The van der Waals surface area contributed by atoms with Crippen LogP contribution in [0.15, 0.2) is 77.7 Å². The number of carbonyl (C=O) groups excluding carboxylic acids is 2. The first-order chi connectivity index (χ1) is 20.0. The van der Waals surface area contributed by atoms with Crippen LogP contribution >= 0.6 is 0 Å². The molecule has 0 bridgehead atoms. The number of amides is 2. The molecule has 0 spiro atoms. The van der Waals surface area contributed by atoms with E-state index in [2.05, 4.69) is 5.32 Å². The summed E-state index contributed by atoms with van der Waals surface area (Å²) < 4.78 is 52.9. The van der Waals surface area contributed by atoms with Crippen LogP contribution in [0.25, 0.3) is 0 Å². The first-order valence-electron chi connectivity index (χ1n) is 13.7. The molecule has 42 heavy (non-hydrogen) atoms. The summed E-state index contributed by atoms with van der Waals surface area (Å²) in [5, 5.41) is 2.94. The predicted octanol–water partition coefficient (Wildman–Crippen LogP) is 4.76. The van der Waals surface area contributed by atoms with E-state index in [-0.39, 0.29) is 29.1 Å². The van der Waals surface area contributed by atoms with Crippen LogP contribution in [0.2, 0.25) is 0 Å². The number of rotatable bonds is 14. The van der Waals surface area contributed by atoms with E-state index < -0.39 is 34.3 Å². The van der Waals surface area contributed by atoms with Crippen molar-refractivity contribution in [1.82, 2.24) is 10.2 Å². The lowest BCUT2D eigenvalue weighted by molar-refractivity contribution is -0.140. The lowest BCUT2D eigenvalue weighted by Crippen LogP contribution is -2.53. The second-order valence-corrected chi connectivity index (χ2v) is 11.6. The Morgan fingerprint density at radius 1 is 0.857 bits per heavy atom. The van der Waals surface area contributed by atoms with Gasteiger partial charge in [0.25, 0.3) is 10.0 Å². The fourth-order valence-electron chi connectivity index (χ4n) is 4.30. The van der Waals surface area contributed by atoms with Gasteiger partial charge in [0.2, 0.25) is 11.8 Å². The van der Waals surface area contributed by atoms with Crippen LogP contribution in [-0.2, 0) is 26.2 Å². The quantitative estimate of drug-likeness (QED) is 0.287. The van der Waals surface area contributed by atoms with Gasteiger partial charge in [-0.25, -0.2) is 12.8 Å². The maximum atomic E-state index is 14.1. The Hall–Kier alpha value is -4.12. The third kappa shape index (κ3) is 8.00. The summed E-state index contributed by atoms with van der Waals surface area (Å²) in [5.41, 5.74) is 0.826. The summed E-state index contributed by atoms with van der Waals surface area (Å²) in [6.07, 6.45) is 0.999. The van der Waals surface area contributed by atoms with Crippen molar-refractivity contribution in [2.75, 3.05) is 25.1 Å². The maximum absolute atomic E-state index is 14.1. The Balaban J connectivity index is 2.05. The molecule has 0 aliphatic heterocycles. The molecule has 0 radical (unpaired) electrons. The topological polar surface area (TPSA) is 105 Å². The lowest BCUT2D eigenvalue weighted by atomic mass is 10.1. The van der Waals surface area contributed by atoms with E-state index in [1.165, 1.54) is 48.4 Å². The molecule has 3 rings (SSSR count). The van der Waals surface area contributed by atoms with Crippen molar-refractivity contribution in [2.24, 2.45) is 0 Å². The highest BCUT2D eigenvalue weighted by molar-refractivity contribution is 7.92. The summed E-state index contributed by atoms with van der Waals surface area (Å²) in [4.78, 5) is 28.7. The van der Waals surface area contributed by atoms with Gasteiger partial charge >= 0.3 is 0 Å². The van der Waals surface area contributed by atoms with Crippen molar-refractivity contribution in [1.29, 1.82) is 0 Å². The summed E-state index contributed by atoms with van der Waals surface area (Å²) in [5.74, 6) is -0.396. The second kappa shape index (κ2) is 14.7. The minimum Gasteiger partial charge on any atom is -0.497 e. The van der Waals surface area contributed by atoms with E-state index in [4.69, 9.17) is 9.47 Å². The highest BCUT2D eigenvalue weighted by atomic mass is 32.2. The number of anilines is 1. The van der Waals surface area contributed by atoms with Crippen LogP contribution in [0.1, 0.15) is 39.2 Å². The van der Waals surface area contributed by atoms with Crippen LogP contribution in [0.3, 0.4) is 0 Å².